The van der Waals surface area contributed by atoms with Crippen LogP contribution in [0.15, 0.2) is 35.3 Å². The van der Waals surface area contributed by atoms with Crippen molar-refractivity contribution in [3.8, 4) is 0 Å². The third-order valence-corrected chi connectivity index (χ3v) is 6.69. The van der Waals surface area contributed by atoms with E-state index < -0.39 is 53.0 Å². The van der Waals surface area contributed by atoms with E-state index in [-0.39, 0.29) is 44.2 Å². The summed E-state index contributed by atoms with van der Waals surface area (Å²) < 4.78 is 0. The molecule has 4 atom stereocenters. The molecule has 2 rings (SSSR count). The van der Waals surface area contributed by atoms with E-state index in [2.05, 4.69) is 26.3 Å². The highest BCUT2D eigenvalue weighted by molar-refractivity contribution is 5.98. The summed E-state index contributed by atoms with van der Waals surface area (Å²) in [6.45, 7) is 6.66. The predicted octanol–water partition coefficient (Wildman–Crippen LogP) is 0.0284. The van der Waals surface area contributed by atoms with Gasteiger partial charge in [0, 0.05) is 31.3 Å². The van der Waals surface area contributed by atoms with Gasteiger partial charge in [-0.2, -0.15) is 0 Å². The fraction of sp³-hybridized carbons (Fsp3) is 0.556. The number of nitrogens with two attached hydrogens (primary N) is 2. The molecule has 1 fully saturated rings. The number of carbonyl (C=O) groups is 5. The highest BCUT2D eigenvalue weighted by Gasteiger charge is 2.40. The Labute approximate surface area is 229 Å². The molecule has 1 aromatic carbocycles. The van der Waals surface area contributed by atoms with E-state index in [1.807, 2.05) is 0 Å². The van der Waals surface area contributed by atoms with Gasteiger partial charge in [-0.15, -0.1) is 0 Å². The molecule has 0 saturated carbocycles. The molecule has 1 saturated heterocycles. The van der Waals surface area contributed by atoms with Gasteiger partial charge < -0.3 is 32.7 Å². The van der Waals surface area contributed by atoms with Gasteiger partial charge in [-0.3, -0.25) is 29.0 Å². The van der Waals surface area contributed by atoms with Crippen molar-refractivity contribution in [2.75, 3.05) is 13.1 Å². The number of guanidine groups is 1. The lowest BCUT2D eigenvalue weighted by Crippen LogP contribution is -2.60. The maximum Gasteiger partial charge on any atom is 0.247 e. The Bertz CT molecular complexity index is 1070. The second-order valence-electron chi connectivity index (χ2n) is 10.3. The molecule has 0 unspecified atom stereocenters. The molecule has 0 aromatic heterocycles. The summed E-state index contributed by atoms with van der Waals surface area (Å²) in [5, 5.41) is 11.0. The topological polar surface area (TPSA) is 198 Å². The van der Waals surface area contributed by atoms with Crippen LogP contribution >= 0.6 is 0 Å². The maximum absolute atomic E-state index is 13.7. The number of Topliss-reactive ketones (excluding diaryl/α,β-unsaturated/α-hetero) is 1. The Morgan fingerprint density at radius 1 is 1.08 bits per heavy atom. The summed E-state index contributed by atoms with van der Waals surface area (Å²) in [7, 11) is 0. The summed E-state index contributed by atoms with van der Waals surface area (Å²) in [5.74, 6) is -3.69. The van der Waals surface area contributed by atoms with Crippen molar-refractivity contribution in [3.05, 3.63) is 35.9 Å². The van der Waals surface area contributed by atoms with Gasteiger partial charge >= 0.3 is 0 Å². The number of hydrogen-bond acceptors (Lipinski definition) is 6. The van der Waals surface area contributed by atoms with Crippen LogP contribution in [0.5, 0.6) is 0 Å². The fourth-order valence-corrected chi connectivity index (χ4v) is 4.15. The van der Waals surface area contributed by atoms with Gasteiger partial charge in [0.25, 0.3) is 0 Å². The second kappa shape index (κ2) is 14.3. The van der Waals surface area contributed by atoms with Gasteiger partial charge in [-0.25, -0.2) is 0 Å². The van der Waals surface area contributed by atoms with E-state index in [1.54, 1.807) is 51.1 Å². The van der Waals surface area contributed by atoms with Gasteiger partial charge in [0.15, 0.2) is 11.7 Å². The monoisotopic (exact) mass is 543 g/mol. The van der Waals surface area contributed by atoms with Crippen LogP contribution < -0.4 is 32.7 Å². The standard InChI is InChI=1S/C27H41N7O5/c1-5-19-24(38)33-21(17-10-7-6-8-11-17)25(39)31-15-27(4,34-22(36)16(2)3)20(35)14-18(23(37)32-19)12-9-13-30-26(28)29/h6-8,10-11,16,18-19,21H,5,9,12-15H2,1-4H3,(H,31,39)(H,32,37)(H,33,38)(H,34,36)(H4,28,29,30)/t18-,19+,21-,27-/m1/s1. The minimum atomic E-state index is -1.50. The highest BCUT2D eigenvalue weighted by Crippen LogP contribution is 2.21. The van der Waals surface area contributed by atoms with Crippen molar-refractivity contribution < 1.29 is 24.0 Å². The zero-order valence-electron chi connectivity index (χ0n) is 23.1. The summed E-state index contributed by atoms with van der Waals surface area (Å²) in [6, 6.07) is 6.62. The average molecular weight is 544 g/mol. The van der Waals surface area contributed by atoms with Gasteiger partial charge in [0.05, 0.1) is 0 Å². The minimum absolute atomic E-state index is 0.0825. The van der Waals surface area contributed by atoms with Crippen LogP contribution in [0.2, 0.25) is 0 Å². The van der Waals surface area contributed by atoms with E-state index in [4.69, 9.17) is 11.5 Å². The molecule has 0 spiro atoms. The summed E-state index contributed by atoms with van der Waals surface area (Å²) >= 11 is 0. The molecule has 0 bridgehead atoms. The van der Waals surface area contributed by atoms with E-state index in [9.17, 15) is 24.0 Å². The number of nitrogens with zero attached hydrogens (tertiary/aromatic N) is 1. The second-order valence-corrected chi connectivity index (χ2v) is 10.3. The lowest BCUT2D eigenvalue weighted by molar-refractivity contribution is -0.136. The number of ketones is 1. The normalized spacial score (nSPS) is 24.8. The number of carbonyl (C=O) groups excluding carboxylic acids is 5. The van der Waals surface area contributed by atoms with Gasteiger partial charge in [-0.1, -0.05) is 51.1 Å². The molecule has 0 aliphatic carbocycles. The van der Waals surface area contributed by atoms with Crippen molar-refractivity contribution in [1.29, 1.82) is 0 Å². The average Bonchev–Trinajstić information content (AvgIpc) is 2.90. The Balaban J connectivity index is 2.48. The molecular formula is C27H41N7O5. The zero-order valence-corrected chi connectivity index (χ0v) is 23.1. The molecule has 39 heavy (non-hydrogen) atoms. The molecule has 12 nitrogen and oxygen atoms in total. The van der Waals surface area contributed by atoms with Crippen molar-refractivity contribution in [2.24, 2.45) is 28.3 Å². The first-order valence-corrected chi connectivity index (χ1v) is 13.2. The number of benzene rings is 1. The molecule has 214 valence electrons. The van der Waals surface area contributed by atoms with E-state index in [1.165, 1.54) is 6.92 Å². The molecule has 8 N–H and O–H groups in total. The van der Waals surface area contributed by atoms with Crippen LogP contribution in [0.1, 0.15) is 65.0 Å². The van der Waals surface area contributed by atoms with Crippen LogP contribution in [0.4, 0.5) is 0 Å². The molecular weight excluding hydrogens is 502 g/mol. The predicted molar refractivity (Wildman–Crippen MR) is 147 cm³/mol. The smallest absolute Gasteiger partial charge is 0.247 e. The number of rotatable bonds is 8. The minimum Gasteiger partial charge on any atom is -0.370 e. The van der Waals surface area contributed by atoms with E-state index >= 15 is 0 Å². The van der Waals surface area contributed by atoms with Crippen LogP contribution in [0.25, 0.3) is 0 Å². The maximum atomic E-state index is 13.7. The van der Waals surface area contributed by atoms with Gasteiger partial charge in [0.1, 0.15) is 17.6 Å². The molecule has 0 radical (unpaired) electrons. The van der Waals surface area contributed by atoms with E-state index in [0.29, 0.717) is 12.0 Å². The molecule has 1 aliphatic heterocycles. The number of amides is 4. The summed E-state index contributed by atoms with van der Waals surface area (Å²) in [5.41, 5.74) is 9.80. The first-order valence-electron chi connectivity index (χ1n) is 13.2. The molecule has 1 heterocycles. The Morgan fingerprint density at radius 3 is 2.33 bits per heavy atom. The van der Waals surface area contributed by atoms with E-state index in [0.717, 1.165) is 0 Å². The quantitative estimate of drug-likeness (QED) is 0.151. The van der Waals surface area contributed by atoms with Crippen molar-refractivity contribution in [1.82, 2.24) is 21.3 Å². The summed E-state index contributed by atoms with van der Waals surface area (Å²) in [4.78, 5) is 70.2. The SMILES string of the molecule is CC[C@@H]1NC(=O)[C@H](CCCN=C(N)N)CC(=O)[C@](C)(NC(=O)C(C)C)CNC(=O)[C@@H](c2ccccc2)NC1=O. The third-order valence-electron chi connectivity index (χ3n) is 6.69. The summed E-state index contributed by atoms with van der Waals surface area (Å²) in [6.07, 6.45) is 0.712. The van der Waals surface area contributed by atoms with Crippen molar-refractivity contribution in [3.63, 3.8) is 0 Å². The zero-order chi connectivity index (χ0) is 29.2. The molecule has 1 aromatic rings. The molecule has 4 amide bonds. The largest absolute Gasteiger partial charge is 0.370 e. The Kier molecular flexibility index (Phi) is 11.4. The molecule has 12 heteroatoms. The van der Waals surface area contributed by atoms with Crippen molar-refractivity contribution in [2.45, 2.75) is 71.0 Å². The third kappa shape index (κ3) is 9.08. The first-order chi connectivity index (χ1) is 18.4. The van der Waals surface area contributed by atoms with Crippen LogP contribution in [0.3, 0.4) is 0 Å². The van der Waals surface area contributed by atoms with Crippen LogP contribution in [-0.4, -0.2) is 60.0 Å². The Hall–Kier alpha value is -3.96. The lowest BCUT2D eigenvalue weighted by Gasteiger charge is -2.32. The van der Waals surface area contributed by atoms with Gasteiger partial charge in [-0.05, 0) is 31.7 Å². The number of aliphatic imine (C=N–C) groups is 1. The number of nitrogens with one attached hydrogen (secondary N) is 4. The highest BCUT2D eigenvalue weighted by atomic mass is 16.2. The molecule has 1 aliphatic rings. The van der Waals surface area contributed by atoms with Gasteiger partial charge in [0.2, 0.25) is 23.6 Å². The number of hydrogen-bond donors (Lipinski definition) is 6. The first kappa shape index (κ1) is 31.3. The van der Waals surface area contributed by atoms with Crippen molar-refractivity contribution >= 4 is 35.4 Å². The fourth-order valence-electron chi connectivity index (χ4n) is 4.15. The lowest BCUT2D eigenvalue weighted by atomic mass is 9.86. The van der Waals surface area contributed by atoms with Crippen LogP contribution in [-0.2, 0) is 24.0 Å². The Morgan fingerprint density at radius 2 is 1.74 bits per heavy atom. The van der Waals surface area contributed by atoms with Crippen LogP contribution in [0, 0.1) is 11.8 Å².